The van der Waals surface area contributed by atoms with E-state index in [1.807, 2.05) is 0 Å². The Balaban J connectivity index is 2.55. The fraction of sp³-hybridized carbons (Fsp3) is 0.364. The maximum absolute atomic E-state index is 12.6. The fourth-order valence-corrected chi connectivity index (χ4v) is 1.27. The molecule has 0 bridgehead atoms. The van der Waals surface area contributed by atoms with Gasteiger partial charge in [0.2, 0.25) is 0 Å². The van der Waals surface area contributed by atoms with Gasteiger partial charge in [0.1, 0.15) is 5.82 Å². The zero-order valence-corrected chi connectivity index (χ0v) is 8.79. The molecule has 0 saturated carbocycles. The molecule has 16 heavy (non-hydrogen) atoms. The van der Waals surface area contributed by atoms with Crippen molar-refractivity contribution in [1.29, 1.82) is 0 Å². The monoisotopic (exact) mass is 231 g/mol. The zero-order chi connectivity index (χ0) is 12.1. The highest BCUT2D eigenvalue weighted by Crippen LogP contribution is 2.05. The predicted octanol–water partition coefficient (Wildman–Crippen LogP) is 2.21. The van der Waals surface area contributed by atoms with Crippen LogP contribution in [0.25, 0.3) is 0 Å². The lowest BCUT2D eigenvalue weighted by Crippen LogP contribution is -2.30. The second-order valence-corrected chi connectivity index (χ2v) is 3.52. The molecule has 0 atom stereocenters. The largest absolute Gasteiger partial charge is 0.293 e. The van der Waals surface area contributed by atoms with E-state index in [0.717, 1.165) is 0 Å². The number of halogens is 3. The van der Waals surface area contributed by atoms with Gasteiger partial charge in [-0.15, -0.1) is 0 Å². The zero-order valence-electron chi connectivity index (χ0n) is 8.79. The Kier molecular flexibility index (Phi) is 4.49. The van der Waals surface area contributed by atoms with E-state index in [-0.39, 0.29) is 12.3 Å². The van der Waals surface area contributed by atoms with E-state index in [9.17, 15) is 18.0 Å². The molecule has 1 rings (SSSR count). The molecule has 1 aromatic carbocycles. The Morgan fingerprint density at radius 1 is 1.31 bits per heavy atom. The van der Waals surface area contributed by atoms with Crippen molar-refractivity contribution in [2.75, 3.05) is 20.1 Å². The van der Waals surface area contributed by atoms with Crippen LogP contribution in [0.4, 0.5) is 13.2 Å². The number of ketones is 1. The molecule has 0 spiro atoms. The molecule has 0 aliphatic rings. The number of benzene rings is 1. The van der Waals surface area contributed by atoms with Crippen molar-refractivity contribution in [3.63, 3.8) is 0 Å². The van der Waals surface area contributed by atoms with Crippen LogP contribution in [0.3, 0.4) is 0 Å². The number of Topliss-reactive ketones (excluding diaryl/α,β-unsaturated/α-hetero) is 1. The minimum Gasteiger partial charge on any atom is -0.293 e. The summed E-state index contributed by atoms with van der Waals surface area (Å²) in [6, 6.07) is 5.02. The van der Waals surface area contributed by atoms with Crippen LogP contribution in [0, 0.1) is 5.82 Å². The summed E-state index contributed by atoms with van der Waals surface area (Å²) in [7, 11) is 1.44. The molecule has 0 radical (unpaired) electrons. The maximum Gasteiger partial charge on any atom is 0.251 e. The molecular weight excluding hydrogens is 219 g/mol. The number of carbonyl (C=O) groups is 1. The molecule has 0 aliphatic carbocycles. The van der Waals surface area contributed by atoms with E-state index >= 15 is 0 Å². The van der Waals surface area contributed by atoms with E-state index in [4.69, 9.17) is 0 Å². The first kappa shape index (κ1) is 12.7. The topological polar surface area (TPSA) is 20.3 Å². The Labute approximate surface area is 91.7 Å². The minimum absolute atomic E-state index is 0.101. The first-order valence-corrected chi connectivity index (χ1v) is 4.74. The first-order valence-electron chi connectivity index (χ1n) is 4.74. The van der Waals surface area contributed by atoms with Gasteiger partial charge in [-0.2, -0.15) is 0 Å². The van der Waals surface area contributed by atoms with Gasteiger partial charge in [-0.3, -0.25) is 9.69 Å². The van der Waals surface area contributed by atoms with Crippen LogP contribution in [-0.4, -0.2) is 37.2 Å². The fourth-order valence-electron chi connectivity index (χ4n) is 1.27. The molecule has 0 heterocycles. The number of carbonyl (C=O) groups excluding carboxylic acids is 1. The van der Waals surface area contributed by atoms with Crippen molar-refractivity contribution >= 4 is 5.78 Å². The van der Waals surface area contributed by atoms with Crippen molar-refractivity contribution in [1.82, 2.24) is 4.90 Å². The van der Waals surface area contributed by atoms with E-state index in [1.54, 1.807) is 0 Å². The van der Waals surface area contributed by atoms with Crippen LogP contribution in [0.5, 0.6) is 0 Å². The van der Waals surface area contributed by atoms with Crippen LogP contribution in [0.15, 0.2) is 24.3 Å². The van der Waals surface area contributed by atoms with Gasteiger partial charge in [-0.05, 0) is 31.3 Å². The molecular formula is C11H12F3NO. The summed E-state index contributed by atoms with van der Waals surface area (Å²) >= 11 is 0. The van der Waals surface area contributed by atoms with E-state index in [0.29, 0.717) is 5.56 Å². The van der Waals surface area contributed by atoms with Crippen LogP contribution in [-0.2, 0) is 0 Å². The quantitative estimate of drug-likeness (QED) is 0.724. The minimum atomic E-state index is -2.47. The lowest BCUT2D eigenvalue weighted by Gasteiger charge is -2.14. The maximum atomic E-state index is 12.6. The number of hydrogen-bond acceptors (Lipinski definition) is 2. The van der Waals surface area contributed by atoms with Gasteiger partial charge >= 0.3 is 0 Å². The van der Waals surface area contributed by atoms with Crippen LogP contribution in [0.2, 0.25) is 0 Å². The van der Waals surface area contributed by atoms with Crippen molar-refractivity contribution in [2.45, 2.75) is 6.43 Å². The molecule has 0 saturated heterocycles. The van der Waals surface area contributed by atoms with E-state index in [2.05, 4.69) is 0 Å². The van der Waals surface area contributed by atoms with Crippen molar-refractivity contribution < 1.29 is 18.0 Å². The molecule has 0 fully saturated rings. The number of likely N-dealkylation sites (N-methyl/N-ethyl adjacent to an activating group) is 1. The number of nitrogens with zero attached hydrogens (tertiary/aromatic N) is 1. The van der Waals surface area contributed by atoms with Gasteiger partial charge in [-0.25, -0.2) is 13.2 Å². The molecule has 0 unspecified atom stereocenters. The summed E-state index contributed by atoms with van der Waals surface area (Å²) in [4.78, 5) is 12.8. The Morgan fingerprint density at radius 3 is 2.38 bits per heavy atom. The van der Waals surface area contributed by atoms with Gasteiger partial charge in [-0.1, -0.05) is 0 Å². The molecule has 0 aromatic heterocycles. The van der Waals surface area contributed by atoms with Crippen LogP contribution < -0.4 is 0 Å². The summed E-state index contributed by atoms with van der Waals surface area (Å²) in [5.74, 6) is -0.736. The summed E-state index contributed by atoms with van der Waals surface area (Å²) in [6.07, 6.45) is -2.47. The van der Waals surface area contributed by atoms with E-state index < -0.39 is 18.8 Å². The number of hydrogen-bond donors (Lipinski definition) is 0. The lowest BCUT2D eigenvalue weighted by atomic mass is 10.1. The third kappa shape index (κ3) is 4.02. The van der Waals surface area contributed by atoms with Crippen molar-refractivity contribution in [3.8, 4) is 0 Å². The smallest absolute Gasteiger partial charge is 0.251 e. The summed E-state index contributed by atoms with van der Waals surface area (Å²) in [6.45, 7) is -0.553. The average Bonchev–Trinajstić information content (AvgIpc) is 2.16. The summed E-state index contributed by atoms with van der Waals surface area (Å²) in [5.41, 5.74) is 0.322. The molecule has 0 amide bonds. The SMILES string of the molecule is CN(CC(=O)c1ccc(F)cc1)CC(F)F. The highest BCUT2D eigenvalue weighted by atomic mass is 19.3. The highest BCUT2D eigenvalue weighted by Gasteiger charge is 2.12. The van der Waals surface area contributed by atoms with Crippen LogP contribution in [0.1, 0.15) is 10.4 Å². The Morgan fingerprint density at radius 2 is 1.88 bits per heavy atom. The number of alkyl halides is 2. The molecule has 1 aromatic rings. The lowest BCUT2D eigenvalue weighted by molar-refractivity contribution is 0.0820. The molecule has 0 N–H and O–H groups in total. The van der Waals surface area contributed by atoms with Gasteiger partial charge in [0.05, 0.1) is 13.1 Å². The second kappa shape index (κ2) is 5.65. The van der Waals surface area contributed by atoms with Gasteiger partial charge in [0.15, 0.2) is 5.78 Å². The van der Waals surface area contributed by atoms with Crippen LogP contribution >= 0.6 is 0 Å². The van der Waals surface area contributed by atoms with Gasteiger partial charge in [0, 0.05) is 5.56 Å². The Hall–Kier alpha value is -1.36. The molecule has 0 aliphatic heterocycles. The first-order chi connectivity index (χ1) is 7.49. The molecule has 5 heteroatoms. The standard InChI is InChI=1S/C11H12F3NO/c1-15(7-11(13)14)6-10(16)8-2-4-9(12)5-3-8/h2-5,11H,6-7H2,1H3. The van der Waals surface area contributed by atoms with Crippen molar-refractivity contribution in [3.05, 3.63) is 35.6 Å². The average molecular weight is 231 g/mol. The van der Waals surface area contributed by atoms with Gasteiger partial charge < -0.3 is 0 Å². The molecule has 2 nitrogen and oxygen atoms in total. The number of rotatable bonds is 5. The normalized spacial score (nSPS) is 11.1. The summed E-state index contributed by atoms with van der Waals surface area (Å²) < 4.78 is 36.5. The second-order valence-electron chi connectivity index (χ2n) is 3.52. The molecule has 88 valence electrons. The van der Waals surface area contributed by atoms with E-state index in [1.165, 1.54) is 36.2 Å². The predicted molar refractivity (Wildman–Crippen MR) is 54.2 cm³/mol. The Bertz CT molecular complexity index is 351. The van der Waals surface area contributed by atoms with Gasteiger partial charge in [0.25, 0.3) is 6.43 Å². The van der Waals surface area contributed by atoms with Crippen molar-refractivity contribution in [2.24, 2.45) is 0 Å². The third-order valence-electron chi connectivity index (χ3n) is 2.03. The highest BCUT2D eigenvalue weighted by molar-refractivity contribution is 5.97. The summed E-state index contributed by atoms with van der Waals surface area (Å²) in [5, 5.41) is 0. The third-order valence-corrected chi connectivity index (χ3v) is 2.03.